The van der Waals surface area contributed by atoms with E-state index in [4.69, 9.17) is 14.7 Å². The number of allylic oxidation sites excluding steroid dienone is 2. The summed E-state index contributed by atoms with van der Waals surface area (Å²) in [4.78, 5) is 13.6. The highest BCUT2D eigenvalue weighted by molar-refractivity contribution is 5.68. The number of halogens is 3. The number of fused-ring (bicyclic) bond motifs is 1. The van der Waals surface area contributed by atoms with Crippen LogP contribution in [0.15, 0.2) is 60.0 Å². The Morgan fingerprint density at radius 2 is 1.94 bits per heavy atom. The highest BCUT2D eigenvalue weighted by Crippen LogP contribution is 2.43. The van der Waals surface area contributed by atoms with Crippen molar-refractivity contribution >= 4 is 17.8 Å². The van der Waals surface area contributed by atoms with Gasteiger partial charge in [0, 0.05) is 5.69 Å². The lowest BCUT2D eigenvalue weighted by atomic mass is 10.0. The molecule has 1 aliphatic heterocycles. The lowest BCUT2D eigenvalue weighted by molar-refractivity contribution is -0.137. The topological polar surface area (TPSA) is 106 Å². The van der Waals surface area contributed by atoms with Crippen LogP contribution < -0.4 is 4.90 Å². The Bertz CT molecular complexity index is 1290. The largest absolute Gasteiger partial charge is 0.513 e. The van der Waals surface area contributed by atoms with Crippen LogP contribution in [-0.4, -0.2) is 33.0 Å². The van der Waals surface area contributed by atoms with Crippen molar-refractivity contribution in [3.05, 3.63) is 76.7 Å². The Kier molecular flexibility index (Phi) is 5.93. The first-order chi connectivity index (χ1) is 16.2. The molecule has 0 bridgehead atoms. The molecule has 1 aromatic heterocycles. The Morgan fingerprint density at radius 1 is 1.21 bits per heavy atom. The smallest absolute Gasteiger partial charge is 0.434 e. The summed E-state index contributed by atoms with van der Waals surface area (Å²) in [6, 6.07) is 12.3. The number of nitrogens with zero attached hydrogens (tertiary/aromatic N) is 6. The first-order valence-electron chi connectivity index (χ1n) is 10.0. The molecule has 1 atom stereocenters. The monoisotopic (exact) mass is 470 g/mol. The number of anilines is 2. The highest BCUT2D eigenvalue weighted by atomic mass is 19.4. The Labute approximate surface area is 191 Å². The first kappa shape index (κ1) is 22.8. The minimum absolute atomic E-state index is 0.0557. The molecule has 34 heavy (non-hydrogen) atoms. The van der Waals surface area contributed by atoms with Crippen LogP contribution in [-0.2, 0) is 15.7 Å². The molecule has 0 radical (unpaired) electrons. The van der Waals surface area contributed by atoms with Crippen LogP contribution >= 0.6 is 0 Å². The number of benzene rings is 2. The molecule has 174 valence electrons. The van der Waals surface area contributed by atoms with Crippen LogP contribution in [0.25, 0.3) is 0 Å². The van der Waals surface area contributed by atoms with E-state index in [1.54, 1.807) is 38.1 Å². The SMILES string of the molecule is CCOC(=O)OC1=C(C)N(c2cccc(C(F)(F)F)c2)c2nnnn2[C@@H]1c1ccc(C#N)cc1. The number of rotatable bonds is 4. The summed E-state index contributed by atoms with van der Waals surface area (Å²) in [5.41, 5.74) is 0.528. The summed E-state index contributed by atoms with van der Waals surface area (Å²) >= 11 is 0. The first-order valence-corrected chi connectivity index (χ1v) is 10.0. The second-order valence-corrected chi connectivity index (χ2v) is 7.18. The van der Waals surface area contributed by atoms with Crippen molar-refractivity contribution in [1.82, 2.24) is 20.2 Å². The van der Waals surface area contributed by atoms with E-state index in [2.05, 4.69) is 15.5 Å². The molecule has 0 amide bonds. The lowest BCUT2D eigenvalue weighted by Crippen LogP contribution is -2.33. The average Bonchev–Trinajstić information content (AvgIpc) is 3.28. The van der Waals surface area contributed by atoms with Crippen molar-refractivity contribution in [2.24, 2.45) is 0 Å². The number of tetrazole rings is 1. The van der Waals surface area contributed by atoms with Gasteiger partial charge in [0.2, 0.25) is 0 Å². The van der Waals surface area contributed by atoms with Gasteiger partial charge < -0.3 is 9.47 Å². The minimum atomic E-state index is -4.56. The van der Waals surface area contributed by atoms with Gasteiger partial charge in [-0.2, -0.15) is 23.1 Å². The number of aromatic nitrogens is 4. The summed E-state index contributed by atoms with van der Waals surface area (Å²) < 4.78 is 51.8. The van der Waals surface area contributed by atoms with Gasteiger partial charge >= 0.3 is 12.3 Å². The van der Waals surface area contributed by atoms with Crippen LogP contribution in [0.4, 0.5) is 29.6 Å². The van der Waals surface area contributed by atoms with Crippen molar-refractivity contribution in [3.63, 3.8) is 0 Å². The molecule has 3 aromatic rings. The third-order valence-corrected chi connectivity index (χ3v) is 5.10. The third kappa shape index (κ3) is 4.15. The average molecular weight is 470 g/mol. The summed E-state index contributed by atoms with van der Waals surface area (Å²) in [6.07, 6.45) is -5.55. The van der Waals surface area contributed by atoms with Gasteiger partial charge in [-0.1, -0.05) is 23.3 Å². The zero-order valence-electron chi connectivity index (χ0n) is 17.9. The maximum absolute atomic E-state index is 13.4. The number of alkyl halides is 3. The van der Waals surface area contributed by atoms with E-state index >= 15 is 0 Å². The summed E-state index contributed by atoms with van der Waals surface area (Å²) in [6.45, 7) is 3.24. The Balaban J connectivity index is 1.90. The van der Waals surface area contributed by atoms with Crippen LogP contribution in [0.3, 0.4) is 0 Å². The van der Waals surface area contributed by atoms with Crippen molar-refractivity contribution in [2.75, 3.05) is 11.5 Å². The number of carbonyl (C=O) groups is 1. The van der Waals surface area contributed by atoms with Gasteiger partial charge in [0.05, 0.1) is 29.5 Å². The Hall–Kier alpha value is -4.40. The van der Waals surface area contributed by atoms with Gasteiger partial charge in [0.15, 0.2) is 5.76 Å². The molecule has 0 aliphatic carbocycles. The molecular weight excluding hydrogens is 453 g/mol. The minimum Gasteiger partial charge on any atom is -0.434 e. The fourth-order valence-electron chi connectivity index (χ4n) is 3.60. The highest BCUT2D eigenvalue weighted by Gasteiger charge is 2.39. The quantitative estimate of drug-likeness (QED) is 0.505. The zero-order chi connectivity index (χ0) is 24.5. The molecule has 0 unspecified atom stereocenters. The molecule has 0 N–H and O–H groups in total. The molecule has 0 fully saturated rings. The maximum Gasteiger partial charge on any atom is 0.513 e. The van der Waals surface area contributed by atoms with Crippen LogP contribution in [0.1, 0.15) is 36.6 Å². The van der Waals surface area contributed by atoms with E-state index < -0.39 is 23.9 Å². The Morgan fingerprint density at radius 3 is 2.59 bits per heavy atom. The van der Waals surface area contributed by atoms with Crippen molar-refractivity contribution in [1.29, 1.82) is 5.26 Å². The van der Waals surface area contributed by atoms with Crippen molar-refractivity contribution in [3.8, 4) is 6.07 Å². The molecular formula is C22H17F3N6O3. The number of hydrogen-bond acceptors (Lipinski definition) is 8. The molecule has 2 heterocycles. The molecule has 9 nitrogen and oxygen atoms in total. The lowest BCUT2D eigenvalue weighted by Gasteiger charge is -2.34. The van der Waals surface area contributed by atoms with Gasteiger partial charge in [-0.05, 0) is 60.2 Å². The normalized spacial score (nSPS) is 15.5. The summed E-state index contributed by atoms with van der Waals surface area (Å²) in [5, 5.41) is 20.8. The molecule has 1 aliphatic rings. The second kappa shape index (κ2) is 8.86. The van der Waals surface area contributed by atoms with Crippen molar-refractivity contribution in [2.45, 2.75) is 26.1 Å². The fraction of sp³-hybridized carbons (Fsp3) is 0.227. The third-order valence-electron chi connectivity index (χ3n) is 5.10. The predicted octanol–water partition coefficient (Wildman–Crippen LogP) is 4.71. The molecule has 12 heteroatoms. The van der Waals surface area contributed by atoms with Crippen molar-refractivity contribution < 1.29 is 27.4 Å². The van der Waals surface area contributed by atoms with E-state index in [1.807, 2.05) is 6.07 Å². The summed E-state index contributed by atoms with van der Waals surface area (Å²) in [7, 11) is 0. The second-order valence-electron chi connectivity index (χ2n) is 7.18. The van der Waals surface area contributed by atoms with Gasteiger partial charge in [-0.25, -0.2) is 4.79 Å². The van der Waals surface area contributed by atoms with Gasteiger partial charge in [-0.15, -0.1) is 0 Å². The number of carbonyl (C=O) groups excluding carboxylic acids is 1. The molecule has 0 spiro atoms. The van der Waals surface area contributed by atoms with E-state index in [0.29, 0.717) is 11.1 Å². The number of hydrogen-bond donors (Lipinski definition) is 0. The van der Waals surface area contributed by atoms with Gasteiger partial charge in [0.25, 0.3) is 5.95 Å². The van der Waals surface area contributed by atoms with E-state index in [1.165, 1.54) is 21.7 Å². The van der Waals surface area contributed by atoms with E-state index in [-0.39, 0.29) is 29.7 Å². The number of ether oxygens (including phenoxy) is 2. The van der Waals surface area contributed by atoms with E-state index in [9.17, 15) is 18.0 Å². The standard InChI is InChI=1S/C22H17F3N6O3/c1-3-33-21(32)34-19-13(2)30(17-6-4-5-16(11-17)22(23,24)25)20-27-28-29-31(20)18(19)15-9-7-14(12-26)8-10-15/h4-11,18H,3H2,1-2H3/t18-/m1/s1. The molecule has 0 saturated carbocycles. The van der Waals surface area contributed by atoms with Crippen LogP contribution in [0.2, 0.25) is 0 Å². The zero-order valence-corrected chi connectivity index (χ0v) is 17.9. The van der Waals surface area contributed by atoms with Gasteiger partial charge in [0.1, 0.15) is 6.04 Å². The summed E-state index contributed by atoms with van der Waals surface area (Å²) in [5.74, 6) is 0.169. The predicted molar refractivity (Wildman–Crippen MR) is 112 cm³/mol. The van der Waals surface area contributed by atoms with Crippen LogP contribution in [0.5, 0.6) is 0 Å². The maximum atomic E-state index is 13.4. The number of nitriles is 1. The van der Waals surface area contributed by atoms with Gasteiger partial charge in [-0.3, -0.25) is 4.90 Å². The van der Waals surface area contributed by atoms with Crippen LogP contribution in [0, 0.1) is 11.3 Å². The van der Waals surface area contributed by atoms with E-state index in [0.717, 1.165) is 12.1 Å². The molecule has 2 aromatic carbocycles. The fourth-order valence-corrected chi connectivity index (χ4v) is 3.60. The molecule has 4 rings (SSSR count). The molecule has 0 saturated heterocycles.